The van der Waals surface area contributed by atoms with Crippen LogP contribution < -0.4 is 5.32 Å². The molecule has 0 aliphatic carbocycles. The Hall–Kier alpha value is -2.55. The molecule has 1 heterocycles. The Balaban J connectivity index is 1.65. The summed E-state index contributed by atoms with van der Waals surface area (Å²) in [5, 5.41) is 4.21. The largest absolute Gasteiger partial charge is 0.361 e. The average molecular weight is 320 g/mol. The quantitative estimate of drug-likeness (QED) is 0.702. The summed E-state index contributed by atoms with van der Waals surface area (Å²) in [5.74, 6) is 0.561. The first-order chi connectivity index (χ1) is 11.5. The lowest BCUT2D eigenvalue weighted by molar-refractivity contribution is -0.121. The van der Waals surface area contributed by atoms with Gasteiger partial charge in [0.05, 0.1) is 12.5 Å². The SMILES string of the molecule is CC(C)c1ccc(C(C)NC(=O)Cc2c[nH]c3ccccc23)cc1. The van der Waals surface area contributed by atoms with Crippen molar-refractivity contribution >= 4 is 16.8 Å². The summed E-state index contributed by atoms with van der Waals surface area (Å²) in [6.07, 6.45) is 2.31. The molecule has 2 N–H and O–H groups in total. The van der Waals surface area contributed by atoms with Crippen LogP contribution in [0.2, 0.25) is 0 Å². The van der Waals surface area contributed by atoms with E-state index in [0.717, 1.165) is 22.0 Å². The lowest BCUT2D eigenvalue weighted by Crippen LogP contribution is -2.28. The van der Waals surface area contributed by atoms with Gasteiger partial charge in [-0.25, -0.2) is 0 Å². The number of hydrogen-bond donors (Lipinski definition) is 2. The molecule has 0 radical (unpaired) electrons. The third kappa shape index (κ3) is 3.51. The minimum atomic E-state index is 0.00363. The number of para-hydroxylation sites is 1. The maximum Gasteiger partial charge on any atom is 0.224 e. The Bertz CT molecular complexity index is 830. The molecule has 3 nitrogen and oxygen atoms in total. The van der Waals surface area contributed by atoms with Gasteiger partial charge in [-0.3, -0.25) is 4.79 Å². The summed E-state index contributed by atoms with van der Waals surface area (Å²) in [6, 6.07) is 16.5. The van der Waals surface area contributed by atoms with E-state index >= 15 is 0 Å². The fourth-order valence-corrected chi connectivity index (χ4v) is 3.00. The second-order valence-corrected chi connectivity index (χ2v) is 6.65. The summed E-state index contributed by atoms with van der Waals surface area (Å²) < 4.78 is 0. The van der Waals surface area contributed by atoms with E-state index in [2.05, 4.69) is 48.4 Å². The van der Waals surface area contributed by atoms with E-state index in [9.17, 15) is 4.79 Å². The van der Waals surface area contributed by atoms with Gasteiger partial charge in [-0.15, -0.1) is 0 Å². The van der Waals surface area contributed by atoms with E-state index < -0.39 is 0 Å². The van der Waals surface area contributed by atoms with Crippen LogP contribution in [-0.4, -0.2) is 10.9 Å². The lowest BCUT2D eigenvalue weighted by Gasteiger charge is -2.15. The molecule has 0 bridgehead atoms. The van der Waals surface area contributed by atoms with Crippen molar-refractivity contribution in [1.29, 1.82) is 0 Å². The monoisotopic (exact) mass is 320 g/mol. The molecular formula is C21H24N2O. The fourth-order valence-electron chi connectivity index (χ4n) is 3.00. The first kappa shape index (κ1) is 16.3. The number of carbonyl (C=O) groups is 1. The van der Waals surface area contributed by atoms with E-state index in [1.807, 2.05) is 37.4 Å². The zero-order valence-corrected chi connectivity index (χ0v) is 14.5. The first-order valence-electron chi connectivity index (χ1n) is 8.49. The summed E-state index contributed by atoms with van der Waals surface area (Å²) >= 11 is 0. The van der Waals surface area contributed by atoms with Crippen molar-refractivity contribution in [2.75, 3.05) is 0 Å². The molecule has 124 valence electrons. The van der Waals surface area contributed by atoms with Crippen LogP contribution in [0.3, 0.4) is 0 Å². The number of benzene rings is 2. The van der Waals surface area contributed by atoms with Crippen molar-refractivity contribution in [3.05, 3.63) is 71.4 Å². The molecule has 1 unspecified atom stereocenters. The second-order valence-electron chi connectivity index (χ2n) is 6.65. The summed E-state index contributed by atoms with van der Waals surface area (Å²) in [5.41, 5.74) is 4.55. The maximum atomic E-state index is 12.4. The van der Waals surface area contributed by atoms with Gasteiger partial charge < -0.3 is 10.3 Å². The predicted octanol–water partition coefficient (Wildman–Crippen LogP) is 4.71. The number of rotatable bonds is 5. The molecule has 24 heavy (non-hydrogen) atoms. The zero-order chi connectivity index (χ0) is 17.1. The van der Waals surface area contributed by atoms with Crippen LogP contribution in [0.1, 0.15) is 49.4 Å². The van der Waals surface area contributed by atoms with Crippen molar-refractivity contribution < 1.29 is 4.79 Å². The summed E-state index contributed by atoms with van der Waals surface area (Å²) in [7, 11) is 0. The highest BCUT2D eigenvalue weighted by Crippen LogP contribution is 2.20. The lowest BCUT2D eigenvalue weighted by atomic mass is 9.99. The number of fused-ring (bicyclic) bond motifs is 1. The van der Waals surface area contributed by atoms with Gasteiger partial charge in [0.2, 0.25) is 5.91 Å². The van der Waals surface area contributed by atoms with E-state index in [0.29, 0.717) is 12.3 Å². The Morgan fingerprint density at radius 2 is 1.67 bits per heavy atom. The molecule has 1 atom stereocenters. The minimum Gasteiger partial charge on any atom is -0.361 e. The standard InChI is InChI=1S/C21H24N2O/c1-14(2)16-8-10-17(11-9-16)15(3)23-21(24)12-18-13-22-20-7-5-4-6-19(18)20/h4-11,13-15,22H,12H2,1-3H3,(H,23,24). The van der Waals surface area contributed by atoms with Gasteiger partial charge >= 0.3 is 0 Å². The zero-order valence-electron chi connectivity index (χ0n) is 14.5. The molecule has 1 aromatic heterocycles. The molecule has 3 heteroatoms. The molecule has 0 saturated heterocycles. The highest BCUT2D eigenvalue weighted by atomic mass is 16.1. The Morgan fingerprint density at radius 3 is 2.38 bits per heavy atom. The Kier molecular flexibility index (Phi) is 4.70. The molecule has 3 aromatic rings. The number of H-pyrrole nitrogens is 1. The number of aromatic amines is 1. The molecule has 0 saturated carbocycles. The van der Waals surface area contributed by atoms with E-state index in [4.69, 9.17) is 0 Å². The molecule has 2 aromatic carbocycles. The van der Waals surface area contributed by atoms with Gasteiger partial charge in [0.1, 0.15) is 0 Å². The van der Waals surface area contributed by atoms with Crippen LogP contribution in [0.25, 0.3) is 10.9 Å². The van der Waals surface area contributed by atoms with Crippen molar-refractivity contribution in [2.45, 2.75) is 39.2 Å². The average Bonchev–Trinajstić information content (AvgIpc) is 2.98. The summed E-state index contributed by atoms with van der Waals surface area (Å²) in [6.45, 7) is 6.39. The van der Waals surface area contributed by atoms with Crippen molar-refractivity contribution in [3.8, 4) is 0 Å². The normalized spacial score (nSPS) is 12.5. The maximum absolute atomic E-state index is 12.4. The van der Waals surface area contributed by atoms with Gasteiger partial charge in [-0.1, -0.05) is 56.3 Å². The van der Waals surface area contributed by atoms with E-state index in [-0.39, 0.29) is 11.9 Å². The fraction of sp³-hybridized carbons (Fsp3) is 0.286. The van der Waals surface area contributed by atoms with Crippen LogP contribution in [0.4, 0.5) is 0 Å². The third-order valence-electron chi connectivity index (χ3n) is 4.51. The van der Waals surface area contributed by atoms with Gasteiger partial charge in [0, 0.05) is 17.1 Å². The van der Waals surface area contributed by atoms with Crippen molar-refractivity contribution in [2.24, 2.45) is 0 Å². The molecule has 1 amide bonds. The molecule has 0 spiro atoms. The molecular weight excluding hydrogens is 296 g/mol. The van der Waals surface area contributed by atoms with Crippen molar-refractivity contribution in [1.82, 2.24) is 10.3 Å². The van der Waals surface area contributed by atoms with Gasteiger partial charge in [-0.05, 0) is 35.6 Å². The van der Waals surface area contributed by atoms with Crippen molar-refractivity contribution in [3.63, 3.8) is 0 Å². The highest BCUT2D eigenvalue weighted by Gasteiger charge is 2.12. The van der Waals surface area contributed by atoms with Gasteiger partial charge in [-0.2, -0.15) is 0 Å². The van der Waals surface area contributed by atoms with Crippen LogP contribution in [0, 0.1) is 0 Å². The van der Waals surface area contributed by atoms with Gasteiger partial charge in [0.25, 0.3) is 0 Å². The topological polar surface area (TPSA) is 44.9 Å². The second kappa shape index (κ2) is 6.91. The summed E-state index contributed by atoms with van der Waals surface area (Å²) in [4.78, 5) is 15.6. The van der Waals surface area contributed by atoms with Crippen LogP contribution >= 0.6 is 0 Å². The third-order valence-corrected chi connectivity index (χ3v) is 4.51. The van der Waals surface area contributed by atoms with E-state index in [1.54, 1.807) is 0 Å². The number of aromatic nitrogens is 1. The first-order valence-corrected chi connectivity index (χ1v) is 8.49. The Morgan fingerprint density at radius 1 is 1.00 bits per heavy atom. The van der Waals surface area contributed by atoms with Crippen LogP contribution in [0.15, 0.2) is 54.7 Å². The number of nitrogens with one attached hydrogen (secondary N) is 2. The number of amides is 1. The predicted molar refractivity (Wildman–Crippen MR) is 99.1 cm³/mol. The number of hydrogen-bond acceptors (Lipinski definition) is 1. The van der Waals surface area contributed by atoms with Crippen LogP contribution in [0.5, 0.6) is 0 Å². The molecule has 0 aliphatic rings. The minimum absolute atomic E-state index is 0.00363. The molecule has 3 rings (SSSR count). The smallest absolute Gasteiger partial charge is 0.224 e. The van der Waals surface area contributed by atoms with Gasteiger partial charge in [0.15, 0.2) is 0 Å². The molecule has 0 fully saturated rings. The number of carbonyl (C=O) groups excluding carboxylic acids is 1. The highest BCUT2D eigenvalue weighted by molar-refractivity contribution is 5.88. The molecule has 0 aliphatic heterocycles. The van der Waals surface area contributed by atoms with Crippen LogP contribution in [-0.2, 0) is 11.2 Å². The Labute approximate surface area is 143 Å². The van der Waals surface area contributed by atoms with E-state index in [1.165, 1.54) is 5.56 Å².